The molecule has 0 aliphatic carbocycles. The Morgan fingerprint density at radius 2 is 2.31 bits per heavy atom. The molecule has 1 unspecified atom stereocenters. The Labute approximate surface area is 98.8 Å². The van der Waals surface area contributed by atoms with Crippen LogP contribution in [0.4, 0.5) is 6.01 Å². The van der Waals surface area contributed by atoms with Crippen LogP contribution in [0.1, 0.15) is 31.5 Å². The number of hydrogen-bond donors (Lipinski definition) is 2. The second kappa shape index (κ2) is 6.32. The number of halogens is 1. The largest absolute Gasteiger partial charge is 0.407 e. The first kappa shape index (κ1) is 12.8. The predicted octanol–water partition coefficient (Wildman–Crippen LogP) is 1.31. The highest BCUT2D eigenvalue weighted by molar-refractivity contribution is 6.20. The molecule has 1 aromatic heterocycles. The molecule has 90 valence electrons. The van der Waals surface area contributed by atoms with Crippen molar-refractivity contribution in [3.8, 4) is 0 Å². The number of carbonyl (C=O) groups excluding carboxylic acids is 1. The lowest BCUT2D eigenvalue weighted by atomic mass is 10.4. The molecule has 1 aromatic rings. The number of anilines is 1. The fourth-order valence-corrected chi connectivity index (χ4v) is 1.12. The summed E-state index contributed by atoms with van der Waals surface area (Å²) in [5.41, 5.74) is 0. The summed E-state index contributed by atoms with van der Waals surface area (Å²) in [6, 6.07) is 0.284. The maximum atomic E-state index is 11.1. The summed E-state index contributed by atoms with van der Waals surface area (Å²) in [6.07, 6.45) is 0.363. The molecule has 1 heterocycles. The summed E-state index contributed by atoms with van der Waals surface area (Å²) in [7, 11) is 0. The Morgan fingerprint density at radius 1 is 1.56 bits per heavy atom. The molecular weight excluding hydrogens is 232 g/mol. The van der Waals surface area contributed by atoms with E-state index in [0.29, 0.717) is 25.4 Å². The van der Waals surface area contributed by atoms with Gasteiger partial charge in [-0.15, -0.1) is 16.7 Å². The molecule has 1 atom stereocenters. The minimum absolute atomic E-state index is 0.0135. The van der Waals surface area contributed by atoms with E-state index in [1.54, 1.807) is 6.92 Å². The summed E-state index contributed by atoms with van der Waals surface area (Å²) in [6.45, 7) is 4.70. The van der Waals surface area contributed by atoms with Crippen LogP contribution in [0.3, 0.4) is 0 Å². The molecule has 0 bridgehead atoms. The lowest BCUT2D eigenvalue weighted by Crippen LogP contribution is -2.24. The van der Waals surface area contributed by atoms with Gasteiger partial charge in [0.2, 0.25) is 11.8 Å². The van der Waals surface area contributed by atoms with Gasteiger partial charge in [-0.25, -0.2) is 0 Å². The van der Waals surface area contributed by atoms with Gasteiger partial charge in [-0.1, -0.05) is 5.10 Å². The van der Waals surface area contributed by atoms with E-state index < -0.39 is 0 Å². The second-order valence-corrected chi connectivity index (χ2v) is 3.85. The van der Waals surface area contributed by atoms with Gasteiger partial charge in [-0.2, -0.15) is 0 Å². The van der Waals surface area contributed by atoms with Gasteiger partial charge in [0, 0.05) is 19.5 Å². The number of aromatic nitrogens is 2. The van der Waals surface area contributed by atoms with Crippen LogP contribution in [0.5, 0.6) is 0 Å². The van der Waals surface area contributed by atoms with Gasteiger partial charge in [0.1, 0.15) is 5.38 Å². The third-order valence-electron chi connectivity index (χ3n) is 1.78. The maximum Gasteiger partial charge on any atom is 0.315 e. The number of nitrogens with one attached hydrogen (secondary N) is 2. The van der Waals surface area contributed by atoms with Crippen molar-refractivity contribution in [1.82, 2.24) is 15.5 Å². The molecule has 1 amide bonds. The van der Waals surface area contributed by atoms with Gasteiger partial charge in [-0.05, 0) is 13.8 Å². The van der Waals surface area contributed by atoms with Crippen molar-refractivity contribution in [2.24, 2.45) is 0 Å². The van der Waals surface area contributed by atoms with E-state index >= 15 is 0 Å². The average Bonchev–Trinajstić information content (AvgIpc) is 2.67. The molecule has 1 rings (SSSR count). The highest BCUT2D eigenvalue weighted by Gasteiger charge is 2.10. The molecular formula is C9H15ClN4O2. The maximum absolute atomic E-state index is 11.1. The van der Waals surface area contributed by atoms with Crippen molar-refractivity contribution in [1.29, 1.82) is 0 Å². The third-order valence-corrected chi connectivity index (χ3v) is 1.97. The van der Waals surface area contributed by atoms with E-state index in [1.165, 1.54) is 0 Å². The van der Waals surface area contributed by atoms with Gasteiger partial charge >= 0.3 is 6.01 Å². The topological polar surface area (TPSA) is 80.0 Å². The van der Waals surface area contributed by atoms with Crippen LogP contribution >= 0.6 is 11.6 Å². The Hall–Kier alpha value is -1.30. The van der Waals surface area contributed by atoms with Crippen LogP contribution in [-0.2, 0) is 4.79 Å². The zero-order valence-electron chi connectivity index (χ0n) is 9.29. The fourth-order valence-electron chi connectivity index (χ4n) is 1.04. The normalized spacial score (nSPS) is 12.2. The van der Waals surface area contributed by atoms with Gasteiger partial charge < -0.3 is 15.1 Å². The highest BCUT2D eigenvalue weighted by atomic mass is 35.5. The van der Waals surface area contributed by atoms with Gasteiger partial charge in [0.15, 0.2) is 0 Å². The van der Waals surface area contributed by atoms with Crippen molar-refractivity contribution < 1.29 is 9.21 Å². The smallest absolute Gasteiger partial charge is 0.315 e. The molecule has 0 spiro atoms. The van der Waals surface area contributed by atoms with Crippen molar-refractivity contribution in [3.05, 3.63) is 5.89 Å². The molecule has 16 heavy (non-hydrogen) atoms. The molecule has 0 saturated heterocycles. The second-order valence-electron chi connectivity index (χ2n) is 3.19. The standard InChI is InChI=1S/C9H15ClN4O2/c1-3-11-7(15)4-5-12-9-14-13-8(16-9)6(2)10/h6H,3-5H2,1-2H3,(H,11,15)(H,12,14). The van der Waals surface area contributed by atoms with Crippen LogP contribution in [-0.4, -0.2) is 29.2 Å². The summed E-state index contributed by atoms with van der Waals surface area (Å²) in [5, 5.41) is 12.7. The van der Waals surface area contributed by atoms with Crippen LogP contribution in [0, 0.1) is 0 Å². The first-order valence-corrected chi connectivity index (χ1v) is 5.55. The highest BCUT2D eigenvalue weighted by Crippen LogP contribution is 2.18. The minimum atomic E-state index is -0.313. The predicted molar refractivity (Wildman–Crippen MR) is 60.4 cm³/mol. The first-order chi connectivity index (χ1) is 7.63. The lowest BCUT2D eigenvalue weighted by molar-refractivity contribution is -0.120. The van der Waals surface area contributed by atoms with Gasteiger partial charge in [-0.3, -0.25) is 4.79 Å². The van der Waals surface area contributed by atoms with Crippen molar-refractivity contribution in [2.75, 3.05) is 18.4 Å². The van der Waals surface area contributed by atoms with Crippen LogP contribution in [0.25, 0.3) is 0 Å². The summed E-state index contributed by atoms with van der Waals surface area (Å²) >= 11 is 5.75. The number of alkyl halides is 1. The van der Waals surface area contributed by atoms with Crippen LogP contribution < -0.4 is 10.6 Å². The molecule has 2 N–H and O–H groups in total. The number of rotatable bonds is 6. The van der Waals surface area contributed by atoms with Crippen molar-refractivity contribution >= 4 is 23.5 Å². The Balaban J connectivity index is 2.29. The van der Waals surface area contributed by atoms with Gasteiger partial charge in [0.25, 0.3) is 0 Å². The van der Waals surface area contributed by atoms with E-state index in [9.17, 15) is 4.79 Å². The van der Waals surface area contributed by atoms with Gasteiger partial charge in [0.05, 0.1) is 0 Å². The molecule has 0 aliphatic rings. The van der Waals surface area contributed by atoms with E-state index in [-0.39, 0.29) is 17.3 Å². The summed E-state index contributed by atoms with van der Waals surface area (Å²) < 4.78 is 5.19. The van der Waals surface area contributed by atoms with E-state index in [0.717, 1.165) is 0 Å². The first-order valence-electron chi connectivity index (χ1n) is 5.11. The van der Waals surface area contributed by atoms with E-state index in [4.69, 9.17) is 16.0 Å². The Kier molecular flexibility index (Phi) is 5.04. The molecule has 0 aromatic carbocycles. The molecule has 0 saturated carbocycles. The molecule has 6 nitrogen and oxygen atoms in total. The molecule has 0 fully saturated rings. The third kappa shape index (κ3) is 4.06. The number of amides is 1. The Morgan fingerprint density at radius 3 is 2.88 bits per heavy atom. The summed E-state index contributed by atoms with van der Waals surface area (Å²) in [5.74, 6) is 0.350. The molecule has 0 radical (unpaired) electrons. The van der Waals surface area contributed by atoms with Crippen molar-refractivity contribution in [2.45, 2.75) is 25.6 Å². The zero-order chi connectivity index (χ0) is 12.0. The SMILES string of the molecule is CCNC(=O)CCNc1nnc(C(C)Cl)o1. The zero-order valence-corrected chi connectivity index (χ0v) is 10.0. The number of carbonyl (C=O) groups is 1. The van der Waals surface area contributed by atoms with E-state index in [2.05, 4.69) is 20.8 Å². The molecule has 0 aliphatic heterocycles. The molecule has 7 heteroatoms. The average molecular weight is 247 g/mol. The number of hydrogen-bond acceptors (Lipinski definition) is 5. The van der Waals surface area contributed by atoms with E-state index in [1.807, 2.05) is 6.92 Å². The van der Waals surface area contributed by atoms with Crippen LogP contribution in [0.15, 0.2) is 4.42 Å². The monoisotopic (exact) mass is 246 g/mol. The Bertz CT molecular complexity index is 340. The fraction of sp³-hybridized carbons (Fsp3) is 0.667. The summed E-state index contributed by atoms with van der Waals surface area (Å²) in [4.78, 5) is 11.1. The number of nitrogens with zero attached hydrogens (tertiary/aromatic N) is 2. The quantitative estimate of drug-likeness (QED) is 0.740. The minimum Gasteiger partial charge on any atom is -0.407 e. The van der Waals surface area contributed by atoms with Crippen molar-refractivity contribution in [3.63, 3.8) is 0 Å². The van der Waals surface area contributed by atoms with Crippen LogP contribution in [0.2, 0.25) is 0 Å². The lowest BCUT2D eigenvalue weighted by Gasteiger charge is -2.01.